The predicted octanol–water partition coefficient (Wildman–Crippen LogP) is 0.522. The monoisotopic (exact) mass is 328 g/mol. The number of nitrogens with one attached hydrogen (secondary N) is 1. The van der Waals surface area contributed by atoms with Gasteiger partial charge in [-0.3, -0.25) is 4.79 Å². The first-order valence-corrected chi connectivity index (χ1v) is 8.72. The lowest BCUT2D eigenvalue weighted by atomic mass is 10.3. The zero-order chi connectivity index (χ0) is 15.3. The van der Waals surface area contributed by atoms with Crippen LogP contribution in [0, 0.1) is 11.8 Å². The van der Waals surface area contributed by atoms with E-state index < -0.39 is 10.0 Å². The molecule has 114 valence electrons. The van der Waals surface area contributed by atoms with Crippen LogP contribution in [-0.4, -0.2) is 51.5 Å². The second-order valence-corrected chi connectivity index (χ2v) is 7.36. The first-order valence-electron chi connectivity index (χ1n) is 6.40. The fourth-order valence-electron chi connectivity index (χ4n) is 1.80. The Hall–Kier alpha value is -1.40. The highest BCUT2D eigenvalue weighted by Gasteiger charge is 2.28. The van der Waals surface area contributed by atoms with E-state index in [1.807, 2.05) is 0 Å². The van der Waals surface area contributed by atoms with E-state index in [4.69, 9.17) is 4.74 Å². The van der Waals surface area contributed by atoms with Crippen LogP contribution in [0.4, 0.5) is 0 Å². The average Bonchev–Trinajstić information content (AvgIpc) is 2.99. The Bertz CT molecular complexity index is 664. The fraction of sp³-hybridized carbons (Fsp3) is 0.462. The van der Waals surface area contributed by atoms with Gasteiger partial charge in [0.25, 0.3) is 15.9 Å². The summed E-state index contributed by atoms with van der Waals surface area (Å²) in [5.74, 6) is 5.07. The summed E-state index contributed by atoms with van der Waals surface area (Å²) in [6.07, 6.45) is 0. The van der Waals surface area contributed by atoms with E-state index in [2.05, 4.69) is 17.2 Å². The number of thiophene rings is 1. The molecule has 0 aliphatic carbocycles. The molecule has 21 heavy (non-hydrogen) atoms. The molecule has 6 nitrogen and oxygen atoms in total. The third-order valence-corrected chi connectivity index (χ3v) is 6.23. The van der Waals surface area contributed by atoms with Gasteiger partial charge in [-0.2, -0.15) is 4.31 Å². The van der Waals surface area contributed by atoms with Gasteiger partial charge in [0.1, 0.15) is 4.21 Å². The Balaban J connectivity index is 2.10. The molecule has 0 unspecified atom stereocenters. The van der Waals surface area contributed by atoms with Crippen molar-refractivity contribution in [1.29, 1.82) is 0 Å². The fourth-order valence-corrected chi connectivity index (χ4v) is 4.52. The molecule has 0 atom stereocenters. The zero-order valence-electron chi connectivity index (χ0n) is 11.6. The van der Waals surface area contributed by atoms with Gasteiger partial charge < -0.3 is 10.1 Å². The second kappa shape index (κ2) is 7.04. The van der Waals surface area contributed by atoms with Crippen molar-refractivity contribution in [2.24, 2.45) is 0 Å². The maximum absolute atomic E-state index is 12.4. The summed E-state index contributed by atoms with van der Waals surface area (Å²) in [6, 6.07) is 1.41. The second-order valence-electron chi connectivity index (χ2n) is 4.28. The van der Waals surface area contributed by atoms with Crippen molar-refractivity contribution in [3.8, 4) is 11.8 Å². The highest BCUT2D eigenvalue weighted by Crippen LogP contribution is 2.24. The van der Waals surface area contributed by atoms with E-state index in [1.54, 1.807) is 12.3 Å². The Morgan fingerprint density at radius 1 is 1.48 bits per heavy atom. The first kappa shape index (κ1) is 16.0. The van der Waals surface area contributed by atoms with Gasteiger partial charge in [-0.15, -0.1) is 17.3 Å². The lowest BCUT2D eigenvalue weighted by molar-refractivity contribution is 0.0731. The van der Waals surface area contributed by atoms with Crippen LogP contribution < -0.4 is 5.32 Å². The molecule has 1 aromatic rings. The molecule has 8 heteroatoms. The zero-order valence-corrected chi connectivity index (χ0v) is 13.2. The minimum absolute atomic E-state index is 0.177. The summed E-state index contributed by atoms with van der Waals surface area (Å²) >= 11 is 1.05. The van der Waals surface area contributed by atoms with Crippen molar-refractivity contribution in [2.45, 2.75) is 11.1 Å². The van der Waals surface area contributed by atoms with E-state index in [0.29, 0.717) is 31.9 Å². The number of morpholine rings is 1. The standard InChI is InChI=1S/C13H16N2O4S2/c1-2-3-4-14-13(16)11-9-12(20-10-11)21(17,18)15-5-7-19-8-6-15/h9-10H,4-8H2,1H3,(H,14,16). The SMILES string of the molecule is CC#CCNC(=O)c1csc(S(=O)(=O)N2CCOCC2)c1. The summed E-state index contributed by atoms with van der Waals surface area (Å²) in [5, 5.41) is 4.15. The number of amides is 1. The van der Waals surface area contributed by atoms with E-state index in [9.17, 15) is 13.2 Å². The largest absolute Gasteiger partial charge is 0.379 e. The normalized spacial score (nSPS) is 16.0. The number of sulfonamides is 1. The van der Waals surface area contributed by atoms with Gasteiger partial charge in [0.2, 0.25) is 0 Å². The van der Waals surface area contributed by atoms with E-state index in [-0.39, 0.29) is 16.7 Å². The number of rotatable bonds is 4. The van der Waals surface area contributed by atoms with Crippen molar-refractivity contribution >= 4 is 27.3 Å². The van der Waals surface area contributed by atoms with Gasteiger partial charge in [-0.25, -0.2) is 8.42 Å². The maximum atomic E-state index is 12.4. The Morgan fingerprint density at radius 2 is 2.19 bits per heavy atom. The van der Waals surface area contributed by atoms with Crippen LogP contribution in [0.15, 0.2) is 15.7 Å². The van der Waals surface area contributed by atoms with Crippen LogP contribution in [0.5, 0.6) is 0 Å². The highest BCUT2D eigenvalue weighted by atomic mass is 32.2. The summed E-state index contributed by atoms with van der Waals surface area (Å²) in [7, 11) is -3.54. The molecule has 1 N–H and O–H groups in total. The van der Waals surface area contributed by atoms with Gasteiger partial charge in [-0.05, 0) is 13.0 Å². The molecule has 0 bridgehead atoms. The van der Waals surface area contributed by atoms with Crippen LogP contribution >= 0.6 is 11.3 Å². The molecule has 1 saturated heterocycles. The number of hydrogen-bond donors (Lipinski definition) is 1. The Kier molecular flexibility index (Phi) is 5.36. The minimum Gasteiger partial charge on any atom is -0.379 e. The molecule has 0 spiro atoms. The maximum Gasteiger partial charge on any atom is 0.252 e. The summed E-state index contributed by atoms with van der Waals surface area (Å²) in [5.41, 5.74) is 0.338. The van der Waals surface area contributed by atoms with Crippen LogP contribution in [0.1, 0.15) is 17.3 Å². The number of carbonyl (C=O) groups is 1. The molecule has 0 radical (unpaired) electrons. The average molecular weight is 328 g/mol. The number of nitrogens with zero attached hydrogens (tertiary/aromatic N) is 1. The van der Waals surface area contributed by atoms with Gasteiger partial charge >= 0.3 is 0 Å². The van der Waals surface area contributed by atoms with Crippen LogP contribution in [0.25, 0.3) is 0 Å². The van der Waals surface area contributed by atoms with Crippen molar-refractivity contribution in [3.63, 3.8) is 0 Å². The Labute approximate surface area is 128 Å². The molecule has 1 aliphatic rings. The Morgan fingerprint density at radius 3 is 2.86 bits per heavy atom. The van der Waals surface area contributed by atoms with Gasteiger partial charge in [-0.1, -0.05) is 5.92 Å². The molecule has 2 rings (SSSR count). The van der Waals surface area contributed by atoms with E-state index in [1.165, 1.54) is 10.4 Å². The molecular weight excluding hydrogens is 312 g/mol. The lowest BCUT2D eigenvalue weighted by Gasteiger charge is -2.25. The quantitative estimate of drug-likeness (QED) is 0.818. The molecule has 0 aromatic carbocycles. The van der Waals surface area contributed by atoms with Gasteiger partial charge in [0.05, 0.1) is 25.3 Å². The van der Waals surface area contributed by atoms with Gasteiger partial charge in [0, 0.05) is 18.5 Å². The van der Waals surface area contributed by atoms with Crippen molar-refractivity contribution in [3.05, 3.63) is 17.0 Å². The van der Waals surface area contributed by atoms with Crippen LogP contribution in [0.2, 0.25) is 0 Å². The summed E-state index contributed by atoms with van der Waals surface area (Å²) in [4.78, 5) is 11.8. The lowest BCUT2D eigenvalue weighted by Crippen LogP contribution is -2.40. The minimum atomic E-state index is -3.54. The third kappa shape index (κ3) is 3.83. The molecule has 1 aliphatic heterocycles. The third-order valence-electron chi connectivity index (χ3n) is 2.92. The first-order chi connectivity index (χ1) is 10.1. The molecule has 1 amide bonds. The topological polar surface area (TPSA) is 75.7 Å². The molecule has 0 saturated carbocycles. The van der Waals surface area contributed by atoms with Gasteiger partial charge in [0.15, 0.2) is 0 Å². The molecular formula is C13H16N2O4S2. The van der Waals surface area contributed by atoms with Crippen LogP contribution in [-0.2, 0) is 14.8 Å². The van der Waals surface area contributed by atoms with Crippen LogP contribution in [0.3, 0.4) is 0 Å². The van der Waals surface area contributed by atoms with Crippen molar-refractivity contribution < 1.29 is 17.9 Å². The highest BCUT2D eigenvalue weighted by molar-refractivity contribution is 7.91. The summed E-state index contributed by atoms with van der Waals surface area (Å²) in [6.45, 7) is 3.41. The van der Waals surface area contributed by atoms with E-state index in [0.717, 1.165) is 11.3 Å². The smallest absolute Gasteiger partial charge is 0.252 e. The number of ether oxygens (including phenoxy) is 1. The predicted molar refractivity (Wildman–Crippen MR) is 79.7 cm³/mol. The summed E-state index contributed by atoms with van der Waals surface area (Å²) < 4.78 is 31.5. The van der Waals surface area contributed by atoms with Crippen molar-refractivity contribution in [1.82, 2.24) is 9.62 Å². The number of hydrogen-bond acceptors (Lipinski definition) is 5. The molecule has 2 heterocycles. The molecule has 1 aromatic heterocycles. The molecule has 1 fully saturated rings. The number of carbonyl (C=O) groups excluding carboxylic acids is 1. The van der Waals surface area contributed by atoms with Crippen molar-refractivity contribution in [2.75, 3.05) is 32.8 Å². The van der Waals surface area contributed by atoms with E-state index >= 15 is 0 Å².